The quantitative estimate of drug-likeness (QED) is 0.297. The minimum absolute atomic E-state index is 0.525. The maximum atomic E-state index is 12.1. The average molecular weight is 435 g/mol. The minimum atomic E-state index is -0.870. The number of anilines is 3. The molecule has 3 rings (SSSR count). The molecule has 0 bridgehead atoms. The molecule has 3 aromatic carbocycles. The van der Waals surface area contributed by atoms with Crippen LogP contribution >= 0.6 is 11.6 Å². The Balaban J connectivity index is 1.71. The number of carbonyl (C=O) groups is 2. The van der Waals surface area contributed by atoms with E-state index in [-0.39, 0.29) is 0 Å². The molecule has 0 aliphatic carbocycles. The molecule has 6 nitrogen and oxygen atoms in total. The molecule has 2 amide bonds. The molecule has 0 spiro atoms. The molecule has 0 heterocycles. The Morgan fingerprint density at radius 1 is 0.839 bits per heavy atom. The number of para-hydroxylation sites is 1. The van der Waals surface area contributed by atoms with E-state index in [2.05, 4.69) is 21.2 Å². The highest BCUT2D eigenvalue weighted by Crippen LogP contribution is 2.26. The van der Waals surface area contributed by atoms with Gasteiger partial charge in [-0.2, -0.15) is 5.10 Å². The second-order valence-electron chi connectivity index (χ2n) is 7.14. The largest absolute Gasteiger partial charge is 0.355 e. The molecule has 0 aliphatic rings. The molecular weight excluding hydrogens is 412 g/mol. The third-order valence-electron chi connectivity index (χ3n) is 4.65. The Bertz CT molecular complexity index is 1160. The van der Waals surface area contributed by atoms with Crippen LogP contribution in [0.1, 0.15) is 22.3 Å². The lowest BCUT2D eigenvalue weighted by Crippen LogP contribution is -2.32. The van der Waals surface area contributed by atoms with Gasteiger partial charge in [-0.1, -0.05) is 41.9 Å². The molecule has 158 valence electrons. The van der Waals surface area contributed by atoms with E-state index in [9.17, 15) is 9.59 Å². The maximum Gasteiger partial charge on any atom is 0.329 e. The smallest absolute Gasteiger partial charge is 0.329 e. The van der Waals surface area contributed by atoms with Gasteiger partial charge < -0.3 is 10.6 Å². The van der Waals surface area contributed by atoms with Crippen molar-refractivity contribution in [2.45, 2.75) is 20.8 Å². The predicted octanol–water partition coefficient (Wildman–Crippen LogP) is 5.10. The third kappa shape index (κ3) is 5.93. The summed E-state index contributed by atoms with van der Waals surface area (Å²) in [6.45, 7) is 5.88. The highest BCUT2D eigenvalue weighted by atomic mass is 35.5. The number of hydrogen-bond donors (Lipinski definition) is 3. The minimum Gasteiger partial charge on any atom is -0.355 e. The van der Waals surface area contributed by atoms with Crippen LogP contribution in [-0.4, -0.2) is 18.0 Å². The van der Waals surface area contributed by atoms with Gasteiger partial charge in [0.1, 0.15) is 0 Å². The summed E-state index contributed by atoms with van der Waals surface area (Å²) in [4.78, 5) is 24.2. The van der Waals surface area contributed by atoms with Crippen molar-refractivity contribution >= 4 is 46.7 Å². The molecule has 0 aliphatic heterocycles. The predicted molar refractivity (Wildman–Crippen MR) is 126 cm³/mol. The lowest BCUT2D eigenvalue weighted by molar-refractivity contribution is -0.136. The van der Waals surface area contributed by atoms with Gasteiger partial charge in [0, 0.05) is 27.6 Å². The van der Waals surface area contributed by atoms with Crippen LogP contribution in [0, 0.1) is 20.8 Å². The number of aryl methyl sites for hydroxylation is 3. The summed E-state index contributed by atoms with van der Waals surface area (Å²) < 4.78 is 0. The molecule has 0 saturated heterocycles. The van der Waals surface area contributed by atoms with E-state index in [1.54, 1.807) is 24.3 Å². The van der Waals surface area contributed by atoms with Crippen molar-refractivity contribution in [3.05, 3.63) is 87.9 Å². The van der Waals surface area contributed by atoms with Crippen molar-refractivity contribution in [1.29, 1.82) is 0 Å². The molecule has 0 saturated carbocycles. The Morgan fingerprint density at radius 2 is 1.58 bits per heavy atom. The van der Waals surface area contributed by atoms with Gasteiger partial charge in [-0.15, -0.1) is 0 Å². The first kappa shape index (κ1) is 22.1. The van der Waals surface area contributed by atoms with E-state index in [4.69, 9.17) is 11.6 Å². The molecule has 31 heavy (non-hydrogen) atoms. The van der Waals surface area contributed by atoms with Crippen LogP contribution in [0.3, 0.4) is 0 Å². The van der Waals surface area contributed by atoms with Crippen LogP contribution in [0.25, 0.3) is 0 Å². The van der Waals surface area contributed by atoms with Gasteiger partial charge in [0.05, 0.1) is 6.21 Å². The Morgan fingerprint density at radius 3 is 2.35 bits per heavy atom. The molecule has 0 aromatic heterocycles. The fraction of sp³-hybridized carbons (Fsp3) is 0.125. The first-order valence-corrected chi connectivity index (χ1v) is 10.0. The zero-order valence-corrected chi connectivity index (χ0v) is 18.2. The summed E-state index contributed by atoms with van der Waals surface area (Å²) in [6, 6.07) is 18.6. The SMILES string of the molecule is Cc1ccc(C)c(Nc2ccc(Cl)cc2/C=N\NC(=O)C(=O)Nc2ccccc2C)c1. The highest BCUT2D eigenvalue weighted by molar-refractivity contribution is 6.39. The van der Waals surface area contributed by atoms with E-state index in [1.807, 2.05) is 57.2 Å². The average Bonchev–Trinajstić information content (AvgIpc) is 2.74. The zero-order valence-electron chi connectivity index (χ0n) is 17.5. The number of halogens is 1. The Hall–Kier alpha value is -3.64. The van der Waals surface area contributed by atoms with Crippen LogP contribution < -0.4 is 16.1 Å². The summed E-state index contributed by atoms with van der Waals surface area (Å²) >= 11 is 6.13. The molecule has 0 unspecified atom stereocenters. The van der Waals surface area contributed by atoms with Gasteiger partial charge in [0.2, 0.25) is 0 Å². The number of amides is 2. The van der Waals surface area contributed by atoms with Crippen molar-refractivity contribution in [2.24, 2.45) is 5.10 Å². The van der Waals surface area contributed by atoms with E-state index in [0.29, 0.717) is 16.3 Å². The van der Waals surface area contributed by atoms with Crippen molar-refractivity contribution in [1.82, 2.24) is 5.43 Å². The van der Waals surface area contributed by atoms with E-state index in [1.165, 1.54) is 6.21 Å². The molecule has 7 heteroatoms. The standard InChI is InChI=1S/C24H23ClN4O2/c1-15-8-9-17(3)22(12-15)27-21-11-10-19(25)13-18(21)14-26-29-24(31)23(30)28-20-7-5-4-6-16(20)2/h4-14,27H,1-3H3,(H,28,30)(H,29,31)/b26-14-. The van der Waals surface area contributed by atoms with Crippen LogP contribution in [0.4, 0.5) is 17.1 Å². The van der Waals surface area contributed by atoms with Crippen LogP contribution in [0.15, 0.2) is 65.8 Å². The number of benzene rings is 3. The van der Waals surface area contributed by atoms with Gasteiger partial charge in [-0.25, -0.2) is 5.43 Å². The van der Waals surface area contributed by atoms with E-state index in [0.717, 1.165) is 28.1 Å². The van der Waals surface area contributed by atoms with Gasteiger partial charge in [0.25, 0.3) is 0 Å². The fourth-order valence-corrected chi connectivity index (χ4v) is 3.05. The molecule has 3 aromatic rings. The number of rotatable bonds is 5. The molecule has 0 fully saturated rings. The van der Waals surface area contributed by atoms with Crippen molar-refractivity contribution in [2.75, 3.05) is 10.6 Å². The van der Waals surface area contributed by atoms with Crippen molar-refractivity contribution in [3.8, 4) is 0 Å². The normalized spacial score (nSPS) is 10.7. The summed E-state index contributed by atoms with van der Waals surface area (Å²) in [5, 5.41) is 10.4. The number of carbonyl (C=O) groups excluding carboxylic acids is 2. The summed E-state index contributed by atoms with van der Waals surface area (Å²) in [7, 11) is 0. The molecule has 3 N–H and O–H groups in total. The maximum absolute atomic E-state index is 12.1. The van der Waals surface area contributed by atoms with Crippen molar-refractivity contribution in [3.63, 3.8) is 0 Å². The van der Waals surface area contributed by atoms with Gasteiger partial charge in [-0.3, -0.25) is 9.59 Å². The zero-order chi connectivity index (χ0) is 22.4. The Kier molecular flexibility index (Phi) is 7.05. The summed E-state index contributed by atoms with van der Waals surface area (Å²) in [6.07, 6.45) is 1.44. The van der Waals surface area contributed by atoms with Crippen LogP contribution in [-0.2, 0) is 9.59 Å². The monoisotopic (exact) mass is 434 g/mol. The van der Waals surface area contributed by atoms with E-state index < -0.39 is 11.8 Å². The van der Waals surface area contributed by atoms with Crippen molar-refractivity contribution < 1.29 is 9.59 Å². The van der Waals surface area contributed by atoms with Gasteiger partial charge in [0.15, 0.2) is 0 Å². The summed E-state index contributed by atoms with van der Waals surface area (Å²) in [5.41, 5.74) is 8.27. The highest BCUT2D eigenvalue weighted by Gasteiger charge is 2.14. The lowest BCUT2D eigenvalue weighted by Gasteiger charge is -2.13. The van der Waals surface area contributed by atoms with Crippen LogP contribution in [0.2, 0.25) is 5.02 Å². The van der Waals surface area contributed by atoms with Crippen LogP contribution in [0.5, 0.6) is 0 Å². The molecule has 0 atom stereocenters. The second kappa shape index (κ2) is 9.91. The summed E-state index contributed by atoms with van der Waals surface area (Å²) in [5.74, 6) is -1.67. The fourth-order valence-electron chi connectivity index (χ4n) is 2.87. The second-order valence-corrected chi connectivity index (χ2v) is 7.58. The molecular formula is C24H23ClN4O2. The molecule has 0 radical (unpaired) electrons. The number of hydrazone groups is 1. The van der Waals surface area contributed by atoms with E-state index >= 15 is 0 Å². The Labute approximate surface area is 186 Å². The first-order valence-electron chi connectivity index (χ1n) is 9.67. The first-order chi connectivity index (χ1) is 14.8. The third-order valence-corrected chi connectivity index (χ3v) is 4.88. The lowest BCUT2D eigenvalue weighted by atomic mass is 10.1. The number of nitrogens with one attached hydrogen (secondary N) is 3. The number of hydrogen-bond acceptors (Lipinski definition) is 4. The topological polar surface area (TPSA) is 82.6 Å². The number of nitrogens with zero attached hydrogens (tertiary/aromatic N) is 1. The van der Waals surface area contributed by atoms with Gasteiger partial charge in [-0.05, 0) is 67.8 Å². The van der Waals surface area contributed by atoms with Gasteiger partial charge >= 0.3 is 11.8 Å².